The van der Waals surface area contributed by atoms with E-state index in [1.165, 1.54) is 24.6 Å². The Morgan fingerprint density at radius 3 is 2.76 bits per heavy atom. The second-order valence-electron chi connectivity index (χ2n) is 5.08. The Kier molecular flexibility index (Phi) is 3.33. The van der Waals surface area contributed by atoms with Crippen molar-refractivity contribution in [1.82, 2.24) is 20.3 Å². The minimum atomic E-state index is 0.569. The van der Waals surface area contributed by atoms with Crippen LogP contribution in [0.25, 0.3) is 11.1 Å². The van der Waals surface area contributed by atoms with E-state index in [2.05, 4.69) is 20.3 Å². The molecule has 6 heteroatoms. The van der Waals surface area contributed by atoms with Gasteiger partial charge in [-0.05, 0) is 25.0 Å². The average Bonchev–Trinajstić information content (AvgIpc) is 3.25. The van der Waals surface area contributed by atoms with Crippen LogP contribution in [-0.4, -0.2) is 21.0 Å². The van der Waals surface area contributed by atoms with E-state index in [0.717, 1.165) is 23.2 Å². The second kappa shape index (κ2) is 5.46. The highest BCUT2D eigenvalue weighted by atomic mass is 32.2. The van der Waals surface area contributed by atoms with E-state index >= 15 is 0 Å². The van der Waals surface area contributed by atoms with Gasteiger partial charge in [-0.15, -0.1) is 0 Å². The molecule has 0 spiro atoms. The van der Waals surface area contributed by atoms with Crippen molar-refractivity contribution in [2.75, 3.05) is 0 Å². The Labute approximate surface area is 126 Å². The first-order chi connectivity index (χ1) is 10.4. The van der Waals surface area contributed by atoms with E-state index in [9.17, 15) is 0 Å². The fourth-order valence-electron chi connectivity index (χ4n) is 2.01. The third kappa shape index (κ3) is 3.06. The maximum atomic E-state index is 5.65. The van der Waals surface area contributed by atoms with Crippen LogP contribution in [-0.2, 0) is 6.54 Å². The maximum Gasteiger partial charge on any atom is 0.264 e. The van der Waals surface area contributed by atoms with Crippen LogP contribution < -0.4 is 5.32 Å². The molecule has 1 N–H and O–H groups in total. The monoisotopic (exact) mass is 298 g/mol. The van der Waals surface area contributed by atoms with Crippen molar-refractivity contribution < 1.29 is 4.42 Å². The van der Waals surface area contributed by atoms with Gasteiger partial charge in [0.2, 0.25) is 0 Å². The molecule has 0 amide bonds. The number of fused-ring (bicyclic) bond motifs is 1. The Bertz CT molecular complexity index is 719. The van der Waals surface area contributed by atoms with E-state index in [1.54, 1.807) is 0 Å². The van der Waals surface area contributed by atoms with Crippen LogP contribution in [0.5, 0.6) is 0 Å². The van der Waals surface area contributed by atoms with Crippen molar-refractivity contribution >= 4 is 22.9 Å². The lowest BCUT2D eigenvalue weighted by Crippen LogP contribution is -2.15. The molecule has 4 rings (SSSR count). The van der Waals surface area contributed by atoms with Gasteiger partial charge in [-0.25, -0.2) is 15.0 Å². The summed E-state index contributed by atoms with van der Waals surface area (Å²) < 4.78 is 5.65. The number of para-hydroxylation sites is 2. The highest BCUT2D eigenvalue weighted by Gasteiger charge is 2.20. The summed E-state index contributed by atoms with van der Waals surface area (Å²) >= 11 is 1.34. The third-order valence-corrected chi connectivity index (χ3v) is 4.05. The smallest absolute Gasteiger partial charge is 0.264 e. The van der Waals surface area contributed by atoms with Gasteiger partial charge in [0.1, 0.15) is 5.52 Å². The van der Waals surface area contributed by atoms with Crippen molar-refractivity contribution in [2.45, 2.75) is 35.8 Å². The summed E-state index contributed by atoms with van der Waals surface area (Å²) in [4.78, 5) is 13.1. The Hall–Kier alpha value is -1.92. The quantitative estimate of drug-likeness (QED) is 0.730. The SMILES string of the molecule is c1ccc2oc(Sc3ncc(CNC4CC4)cn3)nc2c1. The molecule has 1 aromatic carbocycles. The van der Waals surface area contributed by atoms with Crippen molar-refractivity contribution in [3.8, 4) is 0 Å². The number of benzene rings is 1. The molecule has 0 saturated heterocycles. The number of nitrogens with one attached hydrogen (secondary N) is 1. The van der Waals surface area contributed by atoms with Gasteiger partial charge in [0, 0.05) is 42.3 Å². The van der Waals surface area contributed by atoms with Crippen LogP contribution in [0.15, 0.2) is 51.5 Å². The summed E-state index contributed by atoms with van der Waals surface area (Å²) in [5.41, 5.74) is 2.74. The summed E-state index contributed by atoms with van der Waals surface area (Å²) in [7, 11) is 0. The Morgan fingerprint density at radius 2 is 2.00 bits per heavy atom. The number of hydrogen-bond acceptors (Lipinski definition) is 6. The number of oxazole rings is 1. The zero-order valence-electron chi connectivity index (χ0n) is 11.3. The topological polar surface area (TPSA) is 63.8 Å². The minimum Gasteiger partial charge on any atom is -0.431 e. The predicted octanol–water partition coefficient (Wildman–Crippen LogP) is 3.02. The van der Waals surface area contributed by atoms with Gasteiger partial charge in [0.05, 0.1) is 0 Å². The summed E-state index contributed by atoms with van der Waals surface area (Å²) in [5.74, 6) is 0. The van der Waals surface area contributed by atoms with Gasteiger partial charge in [-0.1, -0.05) is 12.1 Å². The van der Waals surface area contributed by atoms with Gasteiger partial charge in [0.25, 0.3) is 5.22 Å². The van der Waals surface area contributed by atoms with Crippen molar-refractivity contribution in [2.24, 2.45) is 0 Å². The van der Waals surface area contributed by atoms with Crippen molar-refractivity contribution in [3.63, 3.8) is 0 Å². The zero-order chi connectivity index (χ0) is 14.1. The lowest BCUT2D eigenvalue weighted by atomic mass is 10.3. The summed E-state index contributed by atoms with van der Waals surface area (Å²) in [6, 6.07) is 8.40. The molecule has 0 unspecified atom stereocenters. The minimum absolute atomic E-state index is 0.569. The van der Waals surface area contributed by atoms with E-state index in [0.29, 0.717) is 16.4 Å². The molecule has 1 fully saturated rings. The molecule has 2 heterocycles. The lowest BCUT2D eigenvalue weighted by molar-refractivity contribution is 0.488. The van der Waals surface area contributed by atoms with Gasteiger partial charge >= 0.3 is 0 Å². The van der Waals surface area contributed by atoms with E-state index in [1.807, 2.05) is 36.7 Å². The lowest BCUT2D eigenvalue weighted by Gasteiger charge is -2.02. The van der Waals surface area contributed by atoms with Crippen LogP contribution in [0.4, 0.5) is 0 Å². The molecule has 21 heavy (non-hydrogen) atoms. The fraction of sp³-hybridized carbons (Fsp3) is 0.267. The van der Waals surface area contributed by atoms with Gasteiger partial charge in [0.15, 0.2) is 10.7 Å². The van der Waals surface area contributed by atoms with Crippen LogP contribution in [0.2, 0.25) is 0 Å². The molecular formula is C15H14N4OS. The molecule has 2 aromatic heterocycles. The number of rotatable bonds is 5. The molecule has 1 saturated carbocycles. The Morgan fingerprint density at radius 1 is 1.19 bits per heavy atom. The van der Waals surface area contributed by atoms with Gasteiger partial charge in [-0.2, -0.15) is 0 Å². The standard InChI is InChI=1S/C15H14N4OS/c1-2-4-13-12(3-1)19-15(20-13)21-14-17-8-10(9-18-14)7-16-11-5-6-11/h1-4,8-9,11,16H,5-7H2. The van der Waals surface area contributed by atoms with Crippen molar-refractivity contribution in [1.29, 1.82) is 0 Å². The molecule has 1 aliphatic rings. The number of aromatic nitrogens is 3. The molecule has 5 nitrogen and oxygen atoms in total. The molecule has 106 valence electrons. The Balaban J connectivity index is 1.45. The highest BCUT2D eigenvalue weighted by Crippen LogP contribution is 2.27. The zero-order valence-corrected chi connectivity index (χ0v) is 12.1. The normalized spacial score (nSPS) is 14.7. The largest absolute Gasteiger partial charge is 0.431 e. The molecule has 0 bridgehead atoms. The maximum absolute atomic E-state index is 5.65. The van der Waals surface area contributed by atoms with Gasteiger partial charge < -0.3 is 9.73 Å². The van der Waals surface area contributed by atoms with Crippen LogP contribution >= 0.6 is 11.8 Å². The fourth-order valence-corrected chi connectivity index (χ4v) is 2.65. The molecule has 0 aliphatic heterocycles. The van der Waals surface area contributed by atoms with E-state index in [-0.39, 0.29) is 0 Å². The first kappa shape index (κ1) is 12.8. The van der Waals surface area contributed by atoms with E-state index in [4.69, 9.17) is 4.42 Å². The molecule has 1 aliphatic carbocycles. The van der Waals surface area contributed by atoms with E-state index < -0.39 is 0 Å². The summed E-state index contributed by atoms with van der Waals surface area (Å²) in [6.45, 7) is 0.832. The highest BCUT2D eigenvalue weighted by molar-refractivity contribution is 7.98. The second-order valence-corrected chi connectivity index (χ2v) is 6.00. The summed E-state index contributed by atoms with van der Waals surface area (Å²) in [5, 5.41) is 4.66. The molecule has 3 aromatic rings. The van der Waals surface area contributed by atoms with Crippen LogP contribution in [0.3, 0.4) is 0 Å². The molecule has 0 atom stereocenters. The first-order valence-electron chi connectivity index (χ1n) is 6.94. The average molecular weight is 298 g/mol. The van der Waals surface area contributed by atoms with Crippen LogP contribution in [0, 0.1) is 0 Å². The number of hydrogen-bond donors (Lipinski definition) is 1. The van der Waals surface area contributed by atoms with Crippen LogP contribution in [0.1, 0.15) is 18.4 Å². The molecule has 0 radical (unpaired) electrons. The third-order valence-electron chi connectivity index (χ3n) is 3.31. The number of nitrogens with zero attached hydrogens (tertiary/aromatic N) is 3. The summed E-state index contributed by atoms with van der Waals surface area (Å²) in [6.07, 6.45) is 6.28. The van der Waals surface area contributed by atoms with Crippen molar-refractivity contribution in [3.05, 3.63) is 42.2 Å². The molecular weight excluding hydrogens is 284 g/mol. The van der Waals surface area contributed by atoms with Gasteiger partial charge in [-0.3, -0.25) is 0 Å². The predicted molar refractivity (Wildman–Crippen MR) is 80.0 cm³/mol. The first-order valence-corrected chi connectivity index (χ1v) is 7.76.